The molecule has 2 aliphatic carbocycles. The van der Waals surface area contributed by atoms with Gasteiger partial charge in [0.2, 0.25) is 17.6 Å². The van der Waals surface area contributed by atoms with E-state index < -0.39 is 139 Å². The van der Waals surface area contributed by atoms with Crippen molar-refractivity contribution in [1.82, 2.24) is 0 Å². The minimum Gasteiger partial charge on any atom is -0.507 e. The highest BCUT2D eigenvalue weighted by molar-refractivity contribution is 6.58. The molecule has 0 unspecified atom stereocenters. The highest BCUT2D eigenvalue weighted by Crippen LogP contribution is 2.66. The summed E-state index contributed by atoms with van der Waals surface area (Å²) in [4.78, 5) is 50.7. The summed E-state index contributed by atoms with van der Waals surface area (Å²) in [5.74, 6) is -25.8. The Balaban J connectivity index is 1.43. The number of phenols is 1. The van der Waals surface area contributed by atoms with E-state index in [1.165, 1.54) is 32.1 Å². The Morgan fingerprint density at radius 2 is 1.20 bits per heavy atom. The van der Waals surface area contributed by atoms with E-state index in [2.05, 4.69) is 0 Å². The van der Waals surface area contributed by atoms with Gasteiger partial charge in [-0.1, -0.05) is 23.8 Å². The Morgan fingerprint density at radius 1 is 0.696 bits per heavy atom. The molecule has 4 aliphatic rings. The number of carbonyl (C=O) groups is 4. The molecule has 2 saturated heterocycles. The Bertz CT molecular complexity index is 2280. The van der Waals surface area contributed by atoms with E-state index in [0.29, 0.717) is 0 Å². The van der Waals surface area contributed by atoms with Gasteiger partial charge in [-0.05, 0) is 67.5 Å². The van der Waals surface area contributed by atoms with E-state index in [4.69, 9.17) is 23.2 Å². The molecular formula is C36H21Cl2F11N2O5. The molecule has 0 aromatic heterocycles. The molecule has 0 radical (unpaired) electrons. The first-order valence-corrected chi connectivity index (χ1v) is 17.0. The summed E-state index contributed by atoms with van der Waals surface area (Å²) >= 11 is 14.1. The van der Waals surface area contributed by atoms with Crippen LogP contribution >= 0.6 is 23.2 Å². The Morgan fingerprint density at radius 3 is 1.70 bits per heavy atom. The summed E-state index contributed by atoms with van der Waals surface area (Å²) in [5, 5.41) is 10.5. The van der Waals surface area contributed by atoms with Crippen LogP contribution in [0, 0.1) is 60.7 Å². The second-order valence-corrected chi connectivity index (χ2v) is 15.2. The van der Waals surface area contributed by atoms with Crippen LogP contribution in [0.4, 0.5) is 59.7 Å². The molecule has 0 spiro atoms. The number of benzene rings is 3. The van der Waals surface area contributed by atoms with E-state index in [0.717, 1.165) is 0 Å². The maximum absolute atomic E-state index is 15.3. The molecule has 7 nitrogen and oxygen atoms in total. The predicted octanol–water partition coefficient (Wildman–Crippen LogP) is 8.51. The van der Waals surface area contributed by atoms with Gasteiger partial charge in [-0.3, -0.25) is 19.2 Å². The minimum absolute atomic E-state index is 0.0334. The van der Waals surface area contributed by atoms with Gasteiger partial charge in [-0.15, -0.1) is 23.2 Å². The van der Waals surface area contributed by atoms with Crippen molar-refractivity contribution in [2.75, 3.05) is 9.80 Å². The number of aromatic hydroxyl groups is 1. The van der Waals surface area contributed by atoms with Crippen molar-refractivity contribution in [2.24, 2.45) is 17.8 Å². The first-order chi connectivity index (χ1) is 25.8. The van der Waals surface area contributed by atoms with Gasteiger partial charge in [0.25, 0.3) is 11.8 Å². The van der Waals surface area contributed by atoms with Crippen LogP contribution in [0.1, 0.15) is 46.6 Å². The number of hydrogen-bond donors (Lipinski definition) is 1. The van der Waals surface area contributed by atoms with Crippen LogP contribution < -0.4 is 9.80 Å². The minimum atomic E-state index is -5.37. The molecule has 2 heterocycles. The highest BCUT2D eigenvalue weighted by Gasteiger charge is 2.77. The molecule has 20 heteroatoms. The number of imide groups is 2. The lowest BCUT2D eigenvalue weighted by Gasteiger charge is -2.50. The van der Waals surface area contributed by atoms with Crippen LogP contribution in [-0.2, 0) is 31.5 Å². The topological polar surface area (TPSA) is 95.0 Å². The molecule has 296 valence electrons. The predicted molar refractivity (Wildman–Crippen MR) is 173 cm³/mol. The summed E-state index contributed by atoms with van der Waals surface area (Å²) in [6, 6.07) is 2.63. The molecule has 56 heavy (non-hydrogen) atoms. The fourth-order valence-electron chi connectivity index (χ4n) is 8.42. The molecule has 1 N–H and O–H groups in total. The second kappa shape index (κ2) is 12.4. The molecule has 6 atom stereocenters. The lowest BCUT2D eigenvalue weighted by molar-refractivity contribution is -0.143. The fourth-order valence-corrected chi connectivity index (χ4v) is 9.35. The summed E-state index contributed by atoms with van der Waals surface area (Å²) in [5.41, 5.74) is -6.61. The lowest BCUT2D eigenvalue weighted by atomic mass is 9.56. The summed E-state index contributed by atoms with van der Waals surface area (Å²) in [6.45, 7) is 2.80. The summed E-state index contributed by atoms with van der Waals surface area (Å²) in [7, 11) is 0. The molecule has 3 aromatic rings. The molecule has 3 aromatic carbocycles. The maximum atomic E-state index is 15.3. The van der Waals surface area contributed by atoms with Crippen LogP contribution in [0.15, 0.2) is 42.0 Å². The third-order valence-electron chi connectivity index (χ3n) is 10.9. The molecular weight excluding hydrogens is 820 g/mol. The smallest absolute Gasteiger partial charge is 0.416 e. The zero-order chi connectivity index (χ0) is 41.5. The van der Waals surface area contributed by atoms with Crippen molar-refractivity contribution >= 4 is 58.2 Å². The van der Waals surface area contributed by atoms with Crippen molar-refractivity contribution in [2.45, 2.75) is 54.7 Å². The third-order valence-corrected chi connectivity index (χ3v) is 12.3. The van der Waals surface area contributed by atoms with Crippen LogP contribution in [0.2, 0.25) is 0 Å². The van der Waals surface area contributed by atoms with Crippen LogP contribution in [0.3, 0.4) is 0 Å². The van der Waals surface area contributed by atoms with Gasteiger partial charge in [-0.2, -0.15) is 26.3 Å². The number of alkyl halides is 8. The number of anilines is 2. The number of amides is 4. The zero-order valence-electron chi connectivity index (χ0n) is 28.1. The van der Waals surface area contributed by atoms with Crippen LogP contribution in [-0.4, -0.2) is 38.5 Å². The SMILES string of the molecule is Cc1cc([C@H]2C3=CC[C@@H]4C(=O)N(c5cc(C(F)(F)F)cc(C(F)(F)F)c5)C(=O)[C@@H]4[C@@H]3C[C@@]3(Cl)C(=O)N(c4c(F)c(F)c(F)c(F)c4F)C(=O)[C@@]23Cl)cc(C)c1O. The average molecular weight is 841 g/mol. The molecule has 2 aliphatic heterocycles. The number of aryl methyl sites for hydroxylation is 2. The molecule has 7 rings (SSSR count). The summed E-state index contributed by atoms with van der Waals surface area (Å²) in [6.07, 6.45) is -10.9. The standard InChI is InChI=1S/C36H21Cl2F11N2O5/c1-11-5-13(6-12(2)28(11)52)21-17-3-4-18-20(30(54)50(29(18)53)16-8-14(35(44,45)46)7-15(9-16)36(47,48)49)19(17)10-33(37)31(55)51(32(56)34(21,33)38)27-25(42)23(40)22(39)24(41)26(27)43/h3,5-9,18-21,52H,4,10H2,1-2H3/t18-,19+,20-,21-,33+,34-/m0/s1. The average Bonchev–Trinajstić information content (AvgIpc) is 3.45. The quantitative estimate of drug-likeness (QED) is 0.0714. The highest BCUT2D eigenvalue weighted by atomic mass is 35.5. The number of phenolic OH excluding ortho intramolecular Hbond substituents is 1. The fraction of sp³-hybridized carbons (Fsp3) is 0.333. The van der Waals surface area contributed by atoms with Crippen molar-refractivity contribution in [3.63, 3.8) is 0 Å². The number of rotatable bonds is 3. The van der Waals surface area contributed by atoms with Gasteiger partial charge < -0.3 is 5.11 Å². The number of allylic oxidation sites excluding steroid dienone is 2. The number of fused-ring (bicyclic) bond motifs is 4. The number of hydrogen-bond acceptors (Lipinski definition) is 5. The van der Waals surface area contributed by atoms with Gasteiger partial charge in [-0.25, -0.2) is 31.8 Å². The lowest BCUT2D eigenvalue weighted by Crippen LogP contribution is -2.60. The van der Waals surface area contributed by atoms with Gasteiger partial charge >= 0.3 is 12.4 Å². The maximum Gasteiger partial charge on any atom is 0.416 e. The van der Waals surface area contributed by atoms with Gasteiger partial charge in [0.1, 0.15) is 11.4 Å². The number of carbonyl (C=O) groups excluding carboxylic acids is 4. The van der Waals surface area contributed by atoms with E-state index in [-0.39, 0.29) is 51.1 Å². The Kier molecular flexibility index (Phi) is 8.75. The van der Waals surface area contributed by atoms with Crippen LogP contribution in [0.25, 0.3) is 0 Å². The van der Waals surface area contributed by atoms with E-state index in [1.54, 1.807) is 0 Å². The van der Waals surface area contributed by atoms with Crippen molar-refractivity contribution in [3.8, 4) is 5.75 Å². The van der Waals surface area contributed by atoms with E-state index in [1.807, 2.05) is 0 Å². The number of nitrogens with zero attached hydrogens (tertiary/aromatic N) is 2. The first kappa shape index (κ1) is 39.5. The van der Waals surface area contributed by atoms with Gasteiger partial charge in [0, 0.05) is 5.92 Å². The van der Waals surface area contributed by atoms with Crippen molar-refractivity contribution in [1.29, 1.82) is 0 Å². The zero-order valence-corrected chi connectivity index (χ0v) is 29.6. The van der Waals surface area contributed by atoms with Crippen LogP contribution in [0.5, 0.6) is 5.75 Å². The Hall–Kier alpha value is -4.71. The Labute approximate surface area is 317 Å². The first-order valence-electron chi connectivity index (χ1n) is 16.2. The van der Waals surface area contributed by atoms with E-state index >= 15 is 8.78 Å². The van der Waals surface area contributed by atoms with Gasteiger partial charge in [0.05, 0.1) is 28.7 Å². The molecule has 4 amide bonds. The largest absolute Gasteiger partial charge is 0.507 e. The van der Waals surface area contributed by atoms with Crippen molar-refractivity contribution < 1.29 is 72.6 Å². The van der Waals surface area contributed by atoms with Gasteiger partial charge in [0.15, 0.2) is 33.0 Å². The molecule has 1 saturated carbocycles. The van der Waals surface area contributed by atoms with Crippen molar-refractivity contribution in [3.05, 3.63) is 98.9 Å². The third kappa shape index (κ3) is 5.23. The molecule has 3 fully saturated rings. The van der Waals surface area contributed by atoms with E-state index in [9.17, 15) is 63.8 Å². The monoisotopic (exact) mass is 840 g/mol. The normalized spacial score (nSPS) is 27.8. The summed E-state index contributed by atoms with van der Waals surface area (Å²) < 4.78 is 156. The second-order valence-electron chi connectivity index (χ2n) is 14.0. The number of halogens is 13. The molecule has 0 bridgehead atoms.